The smallest absolute Gasteiger partial charge is 0.00786 e. The molecule has 0 spiro atoms. The molecule has 0 aromatic heterocycles. The van der Waals surface area contributed by atoms with Crippen LogP contribution in [0.3, 0.4) is 0 Å². The molecule has 0 amide bonds. The van der Waals surface area contributed by atoms with Crippen LogP contribution in [0.15, 0.2) is 41.2 Å². The van der Waals surface area contributed by atoms with E-state index < -0.39 is 0 Å². The quantitative estimate of drug-likeness (QED) is 0.368. The van der Waals surface area contributed by atoms with Gasteiger partial charge in [-0.2, -0.15) is 0 Å². The fourth-order valence-electron chi connectivity index (χ4n) is 2.74. The van der Waals surface area contributed by atoms with Crippen LogP contribution in [0.4, 0.5) is 0 Å². The highest BCUT2D eigenvalue weighted by atomic mass is 14.2. The summed E-state index contributed by atoms with van der Waals surface area (Å²) >= 11 is 0. The Morgan fingerprint density at radius 2 is 1.90 bits per heavy atom. The molecule has 1 atom stereocenters. The lowest BCUT2D eigenvalue weighted by molar-refractivity contribution is 0.388. The van der Waals surface area contributed by atoms with Crippen LogP contribution >= 0.6 is 0 Å². The van der Waals surface area contributed by atoms with Crippen LogP contribution in [0.1, 0.15) is 66.7 Å². The molecule has 0 aliphatic heterocycles. The number of hydrogen-bond donors (Lipinski definition) is 0. The molecule has 112 valence electrons. The summed E-state index contributed by atoms with van der Waals surface area (Å²) in [4.78, 5) is 0. The van der Waals surface area contributed by atoms with Crippen LogP contribution in [0.25, 0.3) is 0 Å². The van der Waals surface area contributed by atoms with Crippen LogP contribution in [0.2, 0.25) is 0 Å². The zero-order chi connectivity index (χ0) is 15.0. The van der Waals surface area contributed by atoms with Crippen molar-refractivity contribution in [3.63, 3.8) is 0 Å². The highest BCUT2D eigenvalue weighted by molar-refractivity contribution is 5.21. The van der Waals surface area contributed by atoms with E-state index in [0.717, 1.165) is 18.8 Å². The molecule has 0 heteroatoms. The summed E-state index contributed by atoms with van der Waals surface area (Å²) in [6.07, 6.45) is 15.6. The average Bonchev–Trinajstić information content (AvgIpc) is 2.39. The molecular formula is C20H32. The van der Waals surface area contributed by atoms with Crippen molar-refractivity contribution in [2.24, 2.45) is 17.8 Å². The fourth-order valence-corrected chi connectivity index (χ4v) is 2.74. The van der Waals surface area contributed by atoms with Gasteiger partial charge >= 0.3 is 0 Å². The lowest BCUT2D eigenvalue weighted by Gasteiger charge is -2.22. The highest BCUT2D eigenvalue weighted by Crippen LogP contribution is 2.29. The maximum absolute atomic E-state index is 3.48. The molecule has 0 saturated heterocycles. The van der Waals surface area contributed by atoms with E-state index in [2.05, 4.69) is 64.7 Å². The van der Waals surface area contributed by atoms with Crippen molar-refractivity contribution < 1.29 is 0 Å². The molecule has 1 aliphatic rings. The molecule has 1 unspecified atom stereocenters. The molecule has 0 aromatic rings. The van der Waals surface area contributed by atoms with Gasteiger partial charge in [0.15, 0.2) is 0 Å². The Bertz CT molecular complexity index is 396. The third kappa shape index (κ3) is 5.17. The van der Waals surface area contributed by atoms with Crippen molar-refractivity contribution in [1.29, 1.82) is 0 Å². The molecule has 0 heterocycles. The van der Waals surface area contributed by atoms with Gasteiger partial charge in [0.2, 0.25) is 0 Å². The first-order valence-electron chi connectivity index (χ1n) is 8.34. The number of allylic oxidation sites excluding steroid dienone is 5. The Hall–Kier alpha value is -1.00. The van der Waals surface area contributed by atoms with Crippen LogP contribution in [-0.2, 0) is 0 Å². The summed E-state index contributed by atoms with van der Waals surface area (Å²) in [5.74, 6) is 1.96. The van der Waals surface area contributed by atoms with Crippen molar-refractivity contribution in [2.45, 2.75) is 66.7 Å². The highest BCUT2D eigenvalue weighted by Gasteiger charge is 2.16. The van der Waals surface area contributed by atoms with E-state index in [1.807, 2.05) is 0 Å². The lowest BCUT2D eigenvalue weighted by Crippen LogP contribution is -2.10. The Balaban J connectivity index is 2.79. The monoisotopic (exact) mass is 272 g/mol. The summed E-state index contributed by atoms with van der Waals surface area (Å²) in [5.41, 5.74) is 6.57. The van der Waals surface area contributed by atoms with Crippen molar-refractivity contribution in [2.75, 3.05) is 0 Å². The SMILES string of the molecule is CC=C(CC)CC(=CC)C(C=C=CC1CCC1)C(C)C. The Morgan fingerprint density at radius 1 is 1.20 bits per heavy atom. The van der Waals surface area contributed by atoms with E-state index in [9.17, 15) is 0 Å². The molecule has 0 bridgehead atoms. The summed E-state index contributed by atoms with van der Waals surface area (Å²) in [5, 5.41) is 0. The van der Waals surface area contributed by atoms with Crippen molar-refractivity contribution >= 4 is 0 Å². The predicted octanol–water partition coefficient (Wildman–Crippen LogP) is 6.46. The van der Waals surface area contributed by atoms with Crippen molar-refractivity contribution in [3.05, 3.63) is 41.2 Å². The molecule has 1 rings (SSSR count). The van der Waals surface area contributed by atoms with Gasteiger partial charge in [0.05, 0.1) is 0 Å². The normalized spacial score (nSPS) is 18.5. The van der Waals surface area contributed by atoms with Gasteiger partial charge in [-0.1, -0.05) is 50.5 Å². The zero-order valence-corrected chi connectivity index (χ0v) is 14.1. The topological polar surface area (TPSA) is 0 Å². The van der Waals surface area contributed by atoms with E-state index in [-0.39, 0.29) is 0 Å². The van der Waals surface area contributed by atoms with Crippen LogP contribution in [-0.4, -0.2) is 0 Å². The molecule has 1 aliphatic carbocycles. The van der Waals surface area contributed by atoms with E-state index >= 15 is 0 Å². The average molecular weight is 272 g/mol. The number of rotatable bonds is 7. The minimum absolute atomic E-state index is 0.526. The molecule has 20 heavy (non-hydrogen) atoms. The molecule has 1 saturated carbocycles. The largest absolute Gasteiger partial charge is 0.129 e. The van der Waals surface area contributed by atoms with Gasteiger partial charge in [-0.25, -0.2) is 0 Å². The second-order valence-corrected chi connectivity index (χ2v) is 6.30. The third-order valence-corrected chi connectivity index (χ3v) is 4.57. The molecule has 0 radical (unpaired) electrons. The second kappa shape index (κ2) is 9.03. The molecule has 0 nitrogen and oxygen atoms in total. The molecule has 0 aromatic carbocycles. The van der Waals surface area contributed by atoms with Gasteiger partial charge in [-0.15, -0.1) is 5.73 Å². The predicted molar refractivity (Wildman–Crippen MR) is 90.7 cm³/mol. The van der Waals surface area contributed by atoms with Gasteiger partial charge in [-0.3, -0.25) is 0 Å². The number of hydrogen-bond acceptors (Lipinski definition) is 0. The standard InChI is InChI=1S/C20H32/c1-6-17(7-2)15-19(8-3)20(16(4)5)14-10-13-18-11-9-12-18/h6,8,13-14,16,18,20H,7,9,11-12,15H2,1-5H3. The van der Waals surface area contributed by atoms with Gasteiger partial charge < -0.3 is 0 Å². The minimum Gasteiger partial charge on any atom is -0.129 e. The Morgan fingerprint density at radius 3 is 2.30 bits per heavy atom. The van der Waals surface area contributed by atoms with Gasteiger partial charge in [-0.05, 0) is 63.5 Å². The van der Waals surface area contributed by atoms with Gasteiger partial charge in [0.1, 0.15) is 0 Å². The van der Waals surface area contributed by atoms with E-state index in [0.29, 0.717) is 11.8 Å². The first-order valence-corrected chi connectivity index (χ1v) is 8.34. The van der Waals surface area contributed by atoms with Crippen LogP contribution < -0.4 is 0 Å². The van der Waals surface area contributed by atoms with Crippen LogP contribution in [0, 0.1) is 17.8 Å². The lowest BCUT2D eigenvalue weighted by atomic mass is 9.83. The first-order chi connectivity index (χ1) is 9.62. The van der Waals surface area contributed by atoms with Crippen LogP contribution in [0.5, 0.6) is 0 Å². The van der Waals surface area contributed by atoms with Crippen molar-refractivity contribution in [3.8, 4) is 0 Å². The minimum atomic E-state index is 0.526. The molecule has 1 fully saturated rings. The first kappa shape index (κ1) is 17.1. The second-order valence-electron chi connectivity index (χ2n) is 6.30. The van der Waals surface area contributed by atoms with E-state index in [4.69, 9.17) is 0 Å². The maximum atomic E-state index is 3.48. The van der Waals surface area contributed by atoms with Gasteiger partial charge in [0, 0.05) is 5.92 Å². The summed E-state index contributed by atoms with van der Waals surface area (Å²) in [6, 6.07) is 0. The van der Waals surface area contributed by atoms with Crippen molar-refractivity contribution in [1.82, 2.24) is 0 Å². The third-order valence-electron chi connectivity index (χ3n) is 4.57. The molecule has 0 N–H and O–H groups in total. The summed E-state index contributed by atoms with van der Waals surface area (Å²) < 4.78 is 0. The Kier molecular flexibility index (Phi) is 7.70. The van der Waals surface area contributed by atoms with Gasteiger partial charge in [0.25, 0.3) is 0 Å². The molecular weight excluding hydrogens is 240 g/mol. The zero-order valence-electron chi connectivity index (χ0n) is 14.1. The maximum Gasteiger partial charge on any atom is 0.00786 e. The fraction of sp³-hybridized carbons (Fsp3) is 0.650. The summed E-state index contributed by atoms with van der Waals surface area (Å²) in [6.45, 7) is 11.2. The van der Waals surface area contributed by atoms with E-state index in [1.165, 1.54) is 19.3 Å². The Labute approximate surface area is 126 Å². The summed E-state index contributed by atoms with van der Waals surface area (Å²) in [7, 11) is 0. The van der Waals surface area contributed by atoms with E-state index in [1.54, 1.807) is 11.1 Å².